The Morgan fingerprint density at radius 3 is 2.00 bits per heavy atom. The van der Waals surface area contributed by atoms with Crippen LogP contribution in [0, 0.1) is 17.8 Å². The summed E-state index contributed by atoms with van der Waals surface area (Å²) in [6, 6.07) is 20.6. The van der Waals surface area contributed by atoms with Crippen LogP contribution in [0.15, 0.2) is 65.8 Å². The molecule has 0 aliphatic carbocycles. The number of hydrogen-bond acceptors (Lipinski definition) is 5. The Morgan fingerprint density at radius 2 is 1.33 bits per heavy atom. The number of benzene rings is 2. The van der Waals surface area contributed by atoms with Gasteiger partial charge >= 0.3 is 0 Å². The third-order valence-corrected chi connectivity index (χ3v) is 8.07. The smallest absolute Gasteiger partial charge is 0.214 e. The van der Waals surface area contributed by atoms with Crippen LogP contribution in [0.3, 0.4) is 0 Å². The van der Waals surface area contributed by atoms with E-state index < -0.39 is 0 Å². The molecule has 36 heavy (non-hydrogen) atoms. The van der Waals surface area contributed by atoms with E-state index in [-0.39, 0.29) is 0 Å². The van der Waals surface area contributed by atoms with Crippen LogP contribution in [0.4, 0.5) is 0 Å². The Morgan fingerprint density at radius 1 is 0.750 bits per heavy atom. The first-order chi connectivity index (χ1) is 17.6. The van der Waals surface area contributed by atoms with Gasteiger partial charge in [0.25, 0.3) is 0 Å². The Hall–Kier alpha value is -2.18. The van der Waals surface area contributed by atoms with Crippen molar-refractivity contribution in [2.45, 2.75) is 83.9 Å². The molecule has 0 fully saturated rings. The number of aromatic nitrogens is 4. The Labute approximate surface area is 222 Å². The summed E-state index contributed by atoms with van der Waals surface area (Å²) in [7, 11) is 0. The average molecular weight is 509 g/mol. The highest BCUT2D eigenvalue weighted by molar-refractivity contribution is 7.99. The monoisotopic (exact) mass is 508 g/mol. The van der Waals surface area contributed by atoms with Crippen LogP contribution in [0.1, 0.15) is 77.7 Å². The second-order valence-corrected chi connectivity index (χ2v) is 11.4. The summed E-state index contributed by atoms with van der Waals surface area (Å²) in [5.74, 6) is 3.32. The standard InChI is InChI=1S/C30H44N4OS/c1-25(13-10-14-26(2)17-12-22-35-23-28-18-6-4-7-19-28)15-11-16-27(3)24-36-30-31-32-33-34(30)29-20-8-5-9-21-29/h4-9,18-21,25-27H,10-17,22-24H2,1-3H3/t25-,26+,27-/m1/s1. The quantitative estimate of drug-likeness (QED) is 0.129. The zero-order valence-corrected chi connectivity index (χ0v) is 23.2. The van der Waals surface area contributed by atoms with Crippen molar-refractivity contribution in [1.29, 1.82) is 0 Å². The van der Waals surface area contributed by atoms with Gasteiger partial charge < -0.3 is 4.74 Å². The van der Waals surface area contributed by atoms with E-state index in [1.54, 1.807) is 11.8 Å². The SMILES string of the molecule is C[C@H](CCCOCc1ccccc1)CCC[C@@H](C)CCC[C@@H](C)CSc1nnnn1-c1ccccc1. The second-order valence-electron chi connectivity index (χ2n) is 10.4. The normalized spacial score (nSPS) is 14.0. The van der Waals surface area contributed by atoms with Crippen LogP contribution in [0.2, 0.25) is 0 Å². The van der Waals surface area contributed by atoms with Crippen molar-refractivity contribution in [3.05, 3.63) is 66.2 Å². The molecule has 0 N–H and O–H groups in total. The van der Waals surface area contributed by atoms with Crippen LogP contribution < -0.4 is 0 Å². The lowest BCUT2D eigenvalue weighted by atomic mass is 9.92. The van der Waals surface area contributed by atoms with E-state index in [9.17, 15) is 0 Å². The van der Waals surface area contributed by atoms with Crippen molar-refractivity contribution in [1.82, 2.24) is 20.2 Å². The highest BCUT2D eigenvalue weighted by atomic mass is 32.2. The fourth-order valence-electron chi connectivity index (χ4n) is 4.52. The number of tetrazole rings is 1. The minimum Gasteiger partial charge on any atom is -0.377 e. The summed E-state index contributed by atoms with van der Waals surface area (Å²) in [6.07, 6.45) is 10.4. The number of nitrogens with zero attached hydrogens (tertiary/aromatic N) is 4. The van der Waals surface area contributed by atoms with E-state index in [0.29, 0.717) is 5.92 Å². The molecule has 3 aromatic rings. The number of hydrogen-bond donors (Lipinski definition) is 0. The van der Waals surface area contributed by atoms with Gasteiger partial charge in [-0.05, 0) is 65.1 Å². The van der Waals surface area contributed by atoms with Crippen LogP contribution >= 0.6 is 11.8 Å². The Balaban J connectivity index is 1.18. The lowest BCUT2D eigenvalue weighted by Gasteiger charge is -2.16. The van der Waals surface area contributed by atoms with Crippen molar-refractivity contribution in [2.24, 2.45) is 17.8 Å². The molecule has 0 spiro atoms. The van der Waals surface area contributed by atoms with Crippen LogP contribution in [-0.4, -0.2) is 32.6 Å². The highest BCUT2D eigenvalue weighted by Crippen LogP contribution is 2.25. The molecule has 0 amide bonds. The molecule has 6 heteroatoms. The molecule has 0 aliphatic heterocycles. The molecule has 3 rings (SSSR count). The van der Waals surface area contributed by atoms with Crippen molar-refractivity contribution >= 4 is 11.8 Å². The Kier molecular flexibility index (Phi) is 13.0. The van der Waals surface area contributed by atoms with Gasteiger partial charge in [-0.15, -0.1) is 5.10 Å². The van der Waals surface area contributed by atoms with E-state index in [4.69, 9.17) is 4.74 Å². The number of thioether (sulfide) groups is 1. The summed E-state index contributed by atoms with van der Waals surface area (Å²) in [6.45, 7) is 8.77. The largest absolute Gasteiger partial charge is 0.377 e. The third kappa shape index (κ3) is 10.8. The van der Waals surface area contributed by atoms with Gasteiger partial charge in [-0.3, -0.25) is 0 Å². The predicted octanol–water partition coefficient (Wildman–Crippen LogP) is 8.00. The summed E-state index contributed by atoms with van der Waals surface area (Å²) in [5.41, 5.74) is 2.27. The lowest BCUT2D eigenvalue weighted by Crippen LogP contribution is -2.04. The first kappa shape index (κ1) is 28.4. The van der Waals surface area contributed by atoms with Gasteiger partial charge in [-0.25, -0.2) is 0 Å². The van der Waals surface area contributed by atoms with Gasteiger partial charge in [0.05, 0.1) is 12.3 Å². The van der Waals surface area contributed by atoms with Crippen molar-refractivity contribution in [3.8, 4) is 5.69 Å². The van der Waals surface area contributed by atoms with Gasteiger partial charge in [-0.1, -0.05) is 113 Å². The topological polar surface area (TPSA) is 52.8 Å². The van der Waals surface area contributed by atoms with Gasteiger partial charge in [-0.2, -0.15) is 4.68 Å². The van der Waals surface area contributed by atoms with Crippen LogP contribution in [0.25, 0.3) is 5.69 Å². The number of para-hydroxylation sites is 1. The van der Waals surface area contributed by atoms with E-state index >= 15 is 0 Å². The molecule has 0 aliphatic rings. The van der Waals surface area contributed by atoms with Crippen LogP contribution in [-0.2, 0) is 11.3 Å². The first-order valence-electron chi connectivity index (χ1n) is 13.7. The van der Waals surface area contributed by atoms with E-state index in [2.05, 4.69) is 60.6 Å². The van der Waals surface area contributed by atoms with E-state index in [1.165, 1.54) is 50.5 Å². The second kappa shape index (κ2) is 16.5. The summed E-state index contributed by atoms with van der Waals surface area (Å²) < 4.78 is 7.66. The first-order valence-corrected chi connectivity index (χ1v) is 14.7. The molecule has 3 atom stereocenters. The van der Waals surface area contributed by atoms with Crippen molar-refractivity contribution in [2.75, 3.05) is 12.4 Å². The molecule has 1 heterocycles. The molecule has 0 radical (unpaired) electrons. The molecule has 0 bridgehead atoms. The highest BCUT2D eigenvalue weighted by Gasteiger charge is 2.12. The fraction of sp³-hybridized carbons (Fsp3) is 0.567. The molecule has 196 valence electrons. The molecule has 2 aromatic carbocycles. The lowest BCUT2D eigenvalue weighted by molar-refractivity contribution is 0.114. The predicted molar refractivity (Wildman–Crippen MR) is 150 cm³/mol. The summed E-state index contributed by atoms with van der Waals surface area (Å²) in [5, 5.41) is 13.1. The van der Waals surface area contributed by atoms with Gasteiger partial charge in [0.2, 0.25) is 5.16 Å². The fourth-order valence-corrected chi connectivity index (χ4v) is 5.48. The number of ether oxygens (including phenoxy) is 1. The maximum Gasteiger partial charge on any atom is 0.214 e. The summed E-state index contributed by atoms with van der Waals surface area (Å²) in [4.78, 5) is 0. The minimum absolute atomic E-state index is 0.659. The van der Waals surface area contributed by atoms with Crippen molar-refractivity contribution < 1.29 is 4.74 Å². The third-order valence-electron chi connectivity index (χ3n) is 6.82. The average Bonchev–Trinajstić information content (AvgIpc) is 3.37. The molecule has 5 nitrogen and oxygen atoms in total. The van der Waals surface area contributed by atoms with Gasteiger partial charge in [0, 0.05) is 12.4 Å². The molecular weight excluding hydrogens is 464 g/mol. The summed E-state index contributed by atoms with van der Waals surface area (Å²) >= 11 is 1.76. The molecular formula is C30H44N4OS. The Bertz CT molecular complexity index is 950. The van der Waals surface area contributed by atoms with Crippen molar-refractivity contribution in [3.63, 3.8) is 0 Å². The minimum atomic E-state index is 0.659. The zero-order valence-electron chi connectivity index (χ0n) is 22.4. The number of rotatable bonds is 18. The maximum atomic E-state index is 5.83. The molecule has 0 saturated heterocycles. The molecule has 1 aromatic heterocycles. The van der Waals surface area contributed by atoms with E-state index in [1.807, 2.05) is 41.1 Å². The maximum absolute atomic E-state index is 5.83. The van der Waals surface area contributed by atoms with Gasteiger partial charge in [0.15, 0.2) is 0 Å². The van der Waals surface area contributed by atoms with E-state index in [0.717, 1.165) is 48.1 Å². The van der Waals surface area contributed by atoms with Crippen LogP contribution in [0.5, 0.6) is 0 Å². The molecule has 0 saturated carbocycles. The van der Waals surface area contributed by atoms with Gasteiger partial charge in [0.1, 0.15) is 0 Å². The zero-order chi connectivity index (χ0) is 25.4. The molecule has 0 unspecified atom stereocenters.